The van der Waals surface area contributed by atoms with Gasteiger partial charge in [0.25, 0.3) is 0 Å². The van der Waals surface area contributed by atoms with Crippen LogP contribution in [-0.4, -0.2) is 55.1 Å². The van der Waals surface area contributed by atoms with E-state index in [1.165, 1.54) is 11.3 Å². The predicted octanol–water partition coefficient (Wildman–Crippen LogP) is 4.22. The van der Waals surface area contributed by atoms with Gasteiger partial charge in [0, 0.05) is 34.1 Å². The maximum atomic E-state index is 15.8. The zero-order valence-electron chi connectivity index (χ0n) is 19.4. The molecule has 1 aliphatic carbocycles. The Morgan fingerprint density at radius 2 is 2.14 bits per heavy atom. The third kappa shape index (κ3) is 4.02. The lowest BCUT2D eigenvalue weighted by Gasteiger charge is -2.52. The smallest absolute Gasteiger partial charge is 0.245 e. The highest BCUT2D eigenvalue weighted by molar-refractivity contribution is 7.13. The topological polar surface area (TPSA) is 111 Å². The molecule has 10 heteroatoms. The van der Waals surface area contributed by atoms with Gasteiger partial charge in [0.05, 0.1) is 12.2 Å². The van der Waals surface area contributed by atoms with Crippen molar-refractivity contribution in [2.24, 2.45) is 0 Å². The molecule has 0 spiro atoms. The summed E-state index contributed by atoms with van der Waals surface area (Å²) >= 11 is 1.34. The van der Waals surface area contributed by atoms with Crippen molar-refractivity contribution in [2.45, 2.75) is 75.3 Å². The standard InChI is InChI=1S/C25H26FN7OS/c1-25-8-2-3-15(30-25)10-20(22(25)26)33(17-5-6-17)24-28-12-19(31-32-24)18-7-4-14(9-21(18)34)23-29-16(11-27)13-35-23/h4,7,9,12-13,15,17,20,22,30,34H,2-3,5-6,8,10H2,1H3/t15-,20-,22-,25+/m0/s1. The molecule has 6 rings (SSSR count). The number of nitrogens with zero attached hydrogens (tertiary/aromatic N) is 6. The van der Waals surface area contributed by atoms with Crippen LogP contribution >= 0.6 is 11.3 Å². The fourth-order valence-electron chi connectivity index (χ4n) is 5.60. The van der Waals surface area contributed by atoms with E-state index in [4.69, 9.17) is 5.26 Å². The molecule has 3 aromatic rings. The minimum atomic E-state index is -1.01. The van der Waals surface area contributed by atoms with Crippen molar-refractivity contribution >= 4 is 17.3 Å². The molecule has 180 valence electrons. The number of nitriles is 1. The number of aromatic hydroxyl groups is 1. The summed E-state index contributed by atoms with van der Waals surface area (Å²) in [5.41, 5.74) is 1.50. The van der Waals surface area contributed by atoms with Crippen molar-refractivity contribution < 1.29 is 9.50 Å². The molecule has 0 unspecified atom stereocenters. The first-order chi connectivity index (χ1) is 16.9. The highest BCUT2D eigenvalue weighted by Crippen LogP contribution is 2.42. The molecule has 0 amide bonds. The largest absolute Gasteiger partial charge is 0.507 e. The van der Waals surface area contributed by atoms with Crippen LogP contribution in [-0.2, 0) is 0 Å². The van der Waals surface area contributed by atoms with E-state index in [0.717, 1.165) is 38.5 Å². The second-order valence-corrected chi connectivity index (χ2v) is 10.9. The third-order valence-electron chi connectivity index (χ3n) is 7.47. The molecule has 8 nitrogen and oxygen atoms in total. The molecule has 2 N–H and O–H groups in total. The van der Waals surface area contributed by atoms with Gasteiger partial charge < -0.3 is 15.3 Å². The number of rotatable bonds is 5. The molecule has 35 heavy (non-hydrogen) atoms. The van der Waals surface area contributed by atoms with E-state index in [9.17, 15) is 5.11 Å². The van der Waals surface area contributed by atoms with Gasteiger partial charge in [-0.05, 0) is 57.6 Å². The molecule has 3 fully saturated rings. The average Bonchev–Trinajstić information content (AvgIpc) is 3.57. The predicted molar refractivity (Wildman–Crippen MR) is 131 cm³/mol. The summed E-state index contributed by atoms with van der Waals surface area (Å²) in [5.74, 6) is 0.484. The number of nitrogens with one attached hydrogen (secondary N) is 1. The van der Waals surface area contributed by atoms with Gasteiger partial charge in [-0.1, -0.05) is 6.07 Å². The van der Waals surface area contributed by atoms with E-state index in [2.05, 4.69) is 30.4 Å². The second-order valence-electron chi connectivity index (χ2n) is 10.0. The molecular formula is C25H26FN7OS. The van der Waals surface area contributed by atoms with Crippen LogP contribution in [0.4, 0.5) is 10.3 Å². The summed E-state index contributed by atoms with van der Waals surface area (Å²) in [5, 5.41) is 34.3. The number of halogens is 1. The summed E-state index contributed by atoms with van der Waals surface area (Å²) in [6.45, 7) is 2.00. The lowest BCUT2D eigenvalue weighted by Crippen LogP contribution is -2.69. The molecule has 4 heterocycles. The zero-order chi connectivity index (χ0) is 24.2. The van der Waals surface area contributed by atoms with Crippen LogP contribution in [0.5, 0.6) is 5.75 Å². The number of aromatic nitrogens is 4. The van der Waals surface area contributed by atoms with Crippen LogP contribution in [0.3, 0.4) is 0 Å². The van der Waals surface area contributed by atoms with Gasteiger partial charge in [-0.25, -0.2) is 14.4 Å². The SMILES string of the molecule is C[C@@]12CCC[C@@H](C[C@H](N(c3ncc(-c4ccc(-c5nc(C#N)cs5)cc4O)nn3)C3CC3)[C@@H]1F)N2. The monoisotopic (exact) mass is 491 g/mol. The highest BCUT2D eigenvalue weighted by Gasteiger charge is 2.52. The van der Waals surface area contributed by atoms with Crippen LogP contribution in [0.25, 0.3) is 21.8 Å². The van der Waals surface area contributed by atoms with E-state index in [-0.39, 0.29) is 17.8 Å². The Labute approximate surface area is 206 Å². The van der Waals surface area contributed by atoms with Gasteiger partial charge in [-0.15, -0.1) is 21.5 Å². The Bertz CT molecular complexity index is 1290. The fourth-order valence-corrected chi connectivity index (χ4v) is 6.34. The number of phenolic OH excluding ortho intramolecular Hbond substituents is 1. The summed E-state index contributed by atoms with van der Waals surface area (Å²) in [6, 6.07) is 7.48. The molecular weight excluding hydrogens is 465 g/mol. The Kier molecular flexibility index (Phi) is 5.42. The number of piperidine rings is 2. The number of anilines is 1. The van der Waals surface area contributed by atoms with E-state index >= 15 is 4.39 Å². The van der Waals surface area contributed by atoms with Crippen molar-refractivity contribution in [1.82, 2.24) is 25.5 Å². The van der Waals surface area contributed by atoms with E-state index < -0.39 is 11.7 Å². The van der Waals surface area contributed by atoms with Gasteiger partial charge in [-0.2, -0.15) is 5.26 Å². The number of fused-ring (bicyclic) bond motifs is 2. The molecule has 1 aromatic carbocycles. The number of thiazole rings is 1. The minimum Gasteiger partial charge on any atom is -0.507 e. The number of benzene rings is 1. The summed E-state index contributed by atoms with van der Waals surface area (Å²) in [7, 11) is 0. The molecule has 0 radical (unpaired) electrons. The second kappa shape index (κ2) is 8.50. The van der Waals surface area contributed by atoms with Gasteiger partial charge in [0.2, 0.25) is 5.95 Å². The maximum Gasteiger partial charge on any atom is 0.245 e. The molecule has 2 aromatic heterocycles. The molecule has 1 saturated carbocycles. The van der Waals surface area contributed by atoms with Crippen molar-refractivity contribution in [3.63, 3.8) is 0 Å². The van der Waals surface area contributed by atoms with Gasteiger partial charge >= 0.3 is 0 Å². The molecule has 4 atom stereocenters. The number of hydrogen-bond donors (Lipinski definition) is 2. The van der Waals surface area contributed by atoms with Crippen LogP contribution in [0.2, 0.25) is 0 Å². The van der Waals surface area contributed by atoms with Crippen LogP contribution in [0.15, 0.2) is 29.8 Å². The van der Waals surface area contributed by atoms with Gasteiger partial charge in [-0.3, -0.25) is 0 Å². The van der Waals surface area contributed by atoms with E-state index in [1.54, 1.807) is 23.7 Å². The van der Waals surface area contributed by atoms with Crippen molar-refractivity contribution in [1.29, 1.82) is 5.26 Å². The van der Waals surface area contributed by atoms with Crippen LogP contribution in [0.1, 0.15) is 51.1 Å². The fraction of sp³-hybridized carbons (Fsp3) is 0.480. The lowest BCUT2D eigenvalue weighted by molar-refractivity contribution is 0.0383. The van der Waals surface area contributed by atoms with Crippen molar-refractivity contribution in [3.05, 3.63) is 35.5 Å². The third-order valence-corrected chi connectivity index (χ3v) is 8.36. The molecule has 3 aliphatic rings. The van der Waals surface area contributed by atoms with Crippen LogP contribution in [0, 0.1) is 11.3 Å². The summed E-state index contributed by atoms with van der Waals surface area (Å²) in [4.78, 5) is 10.9. The lowest BCUT2D eigenvalue weighted by atomic mass is 9.73. The number of phenols is 1. The quantitative estimate of drug-likeness (QED) is 0.546. The molecule has 2 saturated heterocycles. The number of hydrogen-bond acceptors (Lipinski definition) is 9. The summed E-state index contributed by atoms with van der Waals surface area (Å²) < 4.78 is 15.8. The average molecular weight is 492 g/mol. The first kappa shape index (κ1) is 22.3. The number of alkyl halides is 1. The zero-order valence-corrected chi connectivity index (χ0v) is 20.2. The minimum absolute atomic E-state index is 0.0297. The highest BCUT2D eigenvalue weighted by atomic mass is 32.1. The van der Waals surface area contributed by atoms with Crippen molar-refractivity contribution in [2.75, 3.05) is 4.90 Å². The normalized spacial score (nSPS) is 27.9. The van der Waals surface area contributed by atoms with Gasteiger partial charge in [0.1, 0.15) is 28.7 Å². The first-order valence-electron chi connectivity index (χ1n) is 12.0. The first-order valence-corrected chi connectivity index (χ1v) is 12.9. The van der Waals surface area contributed by atoms with Gasteiger partial charge in [0.15, 0.2) is 5.69 Å². The molecule has 2 bridgehead atoms. The summed E-state index contributed by atoms with van der Waals surface area (Å²) in [6.07, 6.45) is 6.32. The maximum absolute atomic E-state index is 15.8. The Balaban J connectivity index is 1.26. The Morgan fingerprint density at radius 3 is 2.83 bits per heavy atom. The Hall–Kier alpha value is -3.16. The molecule has 2 aliphatic heterocycles. The van der Waals surface area contributed by atoms with E-state index in [1.807, 2.05) is 19.1 Å². The van der Waals surface area contributed by atoms with E-state index in [0.29, 0.717) is 39.5 Å². The van der Waals surface area contributed by atoms with Crippen molar-refractivity contribution in [3.8, 4) is 33.6 Å². The van der Waals surface area contributed by atoms with Crippen LogP contribution < -0.4 is 10.2 Å². The Morgan fingerprint density at radius 1 is 1.29 bits per heavy atom.